The van der Waals surface area contributed by atoms with E-state index in [1.54, 1.807) is 19.9 Å². The molecule has 0 unspecified atom stereocenters. The molecule has 0 heterocycles. The van der Waals surface area contributed by atoms with Gasteiger partial charge in [-0.15, -0.1) is 0 Å². The van der Waals surface area contributed by atoms with E-state index >= 15 is 0 Å². The number of hydrogen-bond acceptors (Lipinski definition) is 2. The third-order valence-electron chi connectivity index (χ3n) is 2.03. The summed E-state index contributed by atoms with van der Waals surface area (Å²) in [6, 6.07) is 4.38. The molecule has 0 aromatic heterocycles. The summed E-state index contributed by atoms with van der Waals surface area (Å²) in [5.74, 6) is -1.36. The van der Waals surface area contributed by atoms with Gasteiger partial charge in [-0.05, 0) is 37.1 Å². The summed E-state index contributed by atoms with van der Waals surface area (Å²) in [7, 11) is 0. The largest absolute Gasteiger partial charge is 0.491 e. The highest BCUT2D eigenvalue weighted by Gasteiger charge is 2.05. The normalized spacial score (nSPS) is 11.3. The molecule has 3 nitrogen and oxygen atoms in total. The third-order valence-corrected chi connectivity index (χ3v) is 2.03. The fraction of sp³-hybridized carbons (Fsp3) is 0.250. The second-order valence-corrected chi connectivity index (χ2v) is 3.24. The number of carboxylic acids is 1. The first kappa shape index (κ1) is 12.2. The summed E-state index contributed by atoms with van der Waals surface area (Å²) in [5, 5.41) is 8.56. The number of halogens is 1. The van der Waals surface area contributed by atoms with Crippen molar-refractivity contribution in [3.63, 3.8) is 0 Å². The van der Waals surface area contributed by atoms with Crippen LogP contribution in [0.3, 0.4) is 0 Å². The molecule has 1 N–H and O–H groups in total. The first-order valence-electron chi connectivity index (χ1n) is 4.88. The molecule has 0 aliphatic heterocycles. The Labute approximate surface area is 93.2 Å². The lowest BCUT2D eigenvalue weighted by molar-refractivity contribution is -0.131. The second kappa shape index (κ2) is 5.30. The molecule has 0 fully saturated rings. The molecule has 1 aromatic carbocycles. The maximum Gasteiger partial charge on any atom is 0.328 e. The van der Waals surface area contributed by atoms with E-state index in [0.717, 1.165) is 6.08 Å². The molecule has 86 valence electrons. The fourth-order valence-corrected chi connectivity index (χ4v) is 1.29. The Balaban J connectivity index is 3.01. The molecule has 0 atom stereocenters. The zero-order valence-electron chi connectivity index (χ0n) is 9.16. The number of allylic oxidation sites excluding steroid dienone is 1. The molecule has 0 aliphatic rings. The zero-order valence-corrected chi connectivity index (χ0v) is 9.16. The number of ether oxygens (including phenoxy) is 1. The van der Waals surface area contributed by atoms with E-state index in [4.69, 9.17) is 9.84 Å². The highest BCUT2D eigenvalue weighted by molar-refractivity contribution is 5.89. The molecular weight excluding hydrogens is 211 g/mol. The van der Waals surface area contributed by atoms with Crippen molar-refractivity contribution in [3.05, 3.63) is 35.7 Å². The van der Waals surface area contributed by atoms with Gasteiger partial charge in [0, 0.05) is 6.08 Å². The van der Waals surface area contributed by atoms with Crippen LogP contribution >= 0.6 is 0 Å². The summed E-state index contributed by atoms with van der Waals surface area (Å²) in [4.78, 5) is 10.4. The number of rotatable bonds is 4. The molecule has 4 heteroatoms. The standard InChI is InChI=1S/C12H13FO3/c1-3-16-11-5-4-9(7-10(11)13)8(2)6-12(14)15/h4-7H,3H2,1-2H3,(H,14,15)/b8-6+. The molecule has 0 radical (unpaired) electrons. The summed E-state index contributed by atoms with van der Waals surface area (Å²) < 4.78 is 18.5. The molecule has 1 rings (SSSR count). The van der Waals surface area contributed by atoms with Gasteiger partial charge in [-0.1, -0.05) is 6.07 Å². The van der Waals surface area contributed by atoms with E-state index < -0.39 is 11.8 Å². The topological polar surface area (TPSA) is 46.5 Å². The monoisotopic (exact) mass is 224 g/mol. The smallest absolute Gasteiger partial charge is 0.328 e. The fourth-order valence-electron chi connectivity index (χ4n) is 1.29. The molecule has 0 amide bonds. The Hall–Kier alpha value is -1.84. The van der Waals surface area contributed by atoms with Crippen molar-refractivity contribution in [1.82, 2.24) is 0 Å². The highest BCUT2D eigenvalue weighted by Crippen LogP contribution is 2.22. The van der Waals surface area contributed by atoms with Gasteiger partial charge in [0.1, 0.15) is 0 Å². The minimum atomic E-state index is -1.05. The van der Waals surface area contributed by atoms with E-state index in [9.17, 15) is 9.18 Å². The van der Waals surface area contributed by atoms with Crippen molar-refractivity contribution in [2.75, 3.05) is 6.61 Å². The van der Waals surface area contributed by atoms with Crippen LogP contribution in [-0.2, 0) is 4.79 Å². The predicted molar refractivity (Wildman–Crippen MR) is 58.9 cm³/mol. The first-order chi connectivity index (χ1) is 7.54. The quantitative estimate of drug-likeness (QED) is 0.800. The molecule has 16 heavy (non-hydrogen) atoms. The number of benzene rings is 1. The Bertz CT molecular complexity index is 424. The Kier molecular flexibility index (Phi) is 4.05. The van der Waals surface area contributed by atoms with Crippen LogP contribution in [0, 0.1) is 5.82 Å². The molecule has 1 aromatic rings. The van der Waals surface area contributed by atoms with Gasteiger partial charge in [0.25, 0.3) is 0 Å². The maximum atomic E-state index is 13.4. The van der Waals surface area contributed by atoms with Crippen molar-refractivity contribution in [2.45, 2.75) is 13.8 Å². The summed E-state index contributed by atoms with van der Waals surface area (Å²) in [6.45, 7) is 3.77. The van der Waals surface area contributed by atoms with Crippen molar-refractivity contribution >= 4 is 11.5 Å². The molecule has 0 bridgehead atoms. The van der Waals surface area contributed by atoms with Crippen LogP contribution in [0.5, 0.6) is 5.75 Å². The molecule has 0 spiro atoms. The molecule has 0 saturated carbocycles. The molecular formula is C12H13FO3. The van der Waals surface area contributed by atoms with Crippen LogP contribution in [0.25, 0.3) is 5.57 Å². The van der Waals surface area contributed by atoms with Crippen molar-refractivity contribution in [1.29, 1.82) is 0 Å². The number of aliphatic carboxylic acids is 1. The van der Waals surface area contributed by atoms with Crippen LogP contribution in [0.2, 0.25) is 0 Å². The van der Waals surface area contributed by atoms with Gasteiger partial charge in [0.2, 0.25) is 0 Å². The van der Waals surface area contributed by atoms with Gasteiger partial charge in [0.15, 0.2) is 11.6 Å². The SMILES string of the molecule is CCOc1ccc(/C(C)=C/C(=O)O)cc1F. The van der Waals surface area contributed by atoms with Gasteiger partial charge in [-0.25, -0.2) is 9.18 Å². The second-order valence-electron chi connectivity index (χ2n) is 3.24. The van der Waals surface area contributed by atoms with Crippen LogP contribution in [0.15, 0.2) is 24.3 Å². The van der Waals surface area contributed by atoms with Crippen molar-refractivity contribution in [2.24, 2.45) is 0 Å². The lowest BCUT2D eigenvalue weighted by Gasteiger charge is -2.06. The lowest BCUT2D eigenvalue weighted by atomic mass is 10.1. The van der Waals surface area contributed by atoms with E-state index in [1.807, 2.05) is 0 Å². The maximum absolute atomic E-state index is 13.4. The van der Waals surface area contributed by atoms with Gasteiger partial charge >= 0.3 is 5.97 Å². The number of carbonyl (C=O) groups is 1. The van der Waals surface area contributed by atoms with Crippen molar-refractivity contribution < 1.29 is 19.0 Å². The van der Waals surface area contributed by atoms with E-state index in [0.29, 0.717) is 17.7 Å². The van der Waals surface area contributed by atoms with E-state index in [2.05, 4.69) is 0 Å². The summed E-state index contributed by atoms with van der Waals surface area (Å²) in [5.41, 5.74) is 1.03. The first-order valence-corrected chi connectivity index (χ1v) is 4.88. The zero-order chi connectivity index (χ0) is 12.1. The van der Waals surface area contributed by atoms with Crippen LogP contribution in [0.4, 0.5) is 4.39 Å². The van der Waals surface area contributed by atoms with Gasteiger partial charge < -0.3 is 9.84 Å². The number of hydrogen-bond donors (Lipinski definition) is 1. The third kappa shape index (κ3) is 3.08. The minimum absolute atomic E-state index is 0.175. The summed E-state index contributed by atoms with van der Waals surface area (Å²) in [6.07, 6.45) is 1.04. The predicted octanol–water partition coefficient (Wildman–Crippen LogP) is 2.71. The average molecular weight is 224 g/mol. The Morgan fingerprint density at radius 3 is 2.75 bits per heavy atom. The average Bonchev–Trinajstić information content (AvgIpc) is 2.20. The Morgan fingerprint density at radius 2 is 2.25 bits per heavy atom. The van der Waals surface area contributed by atoms with Crippen LogP contribution in [-0.4, -0.2) is 17.7 Å². The highest BCUT2D eigenvalue weighted by atomic mass is 19.1. The van der Waals surface area contributed by atoms with Crippen LogP contribution in [0.1, 0.15) is 19.4 Å². The van der Waals surface area contributed by atoms with E-state index in [1.165, 1.54) is 12.1 Å². The number of carboxylic acid groups (broad SMARTS) is 1. The minimum Gasteiger partial charge on any atom is -0.491 e. The molecule has 0 saturated heterocycles. The van der Waals surface area contributed by atoms with Gasteiger partial charge in [0.05, 0.1) is 6.61 Å². The van der Waals surface area contributed by atoms with Crippen molar-refractivity contribution in [3.8, 4) is 5.75 Å². The lowest BCUT2D eigenvalue weighted by Crippen LogP contribution is -1.96. The van der Waals surface area contributed by atoms with Crippen LogP contribution < -0.4 is 4.74 Å². The summed E-state index contributed by atoms with van der Waals surface area (Å²) >= 11 is 0. The van der Waals surface area contributed by atoms with Gasteiger partial charge in [-0.2, -0.15) is 0 Å². The van der Waals surface area contributed by atoms with Gasteiger partial charge in [-0.3, -0.25) is 0 Å². The Morgan fingerprint density at radius 1 is 1.56 bits per heavy atom. The molecule has 0 aliphatic carbocycles. The van der Waals surface area contributed by atoms with E-state index in [-0.39, 0.29) is 5.75 Å².